The number of nitrogens with one attached hydrogen (secondary N) is 1. The quantitative estimate of drug-likeness (QED) is 0.198. The van der Waals surface area contributed by atoms with E-state index in [0.29, 0.717) is 16.9 Å². The van der Waals surface area contributed by atoms with E-state index in [0.717, 1.165) is 33.2 Å². The normalized spacial score (nSPS) is 14.7. The van der Waals surface area contributed by atoms with E-state index in [9.17, 15) is 22.8 Å². The molecule has 44 heavy (non-hydrogen) atoms. The molecular weight excluding hydrogens is 567 g/mol. The topological polar surface area (TPSA) is 75.4 Å². The lowest BCUT2D eigenvalue weighted by atomic mass is 9.96. The number of pyridine rings is 1. The Balaban J connectivity index is 1.25. The number of carbonyl (C=O) groups is 2. The van der Waals surface area contributed by atoms with E-state index in [2.05, 4.69) is 10.3 Å². The summed E-state index contributed by atoms with van der Waals surface area (Å²) in [5.74, 6) is -3.11. The van der Waals surface area contributed by atoms with Crippen molar-refractivity contribution in [1.82, 2.24) is 15.2 Å². The van der Waals surface area contributed by atoms with Crippen LogP contribution >= 0.6 is 0 Å². The number of halogens is 3. The Hall–Kier alpha value is -5.18. The van der Waals surface area contributed by atoms with Crippen molar-refractivity contribution in [1.29, 1.82) is 0 Å². The largest absolute Gasteiger partial charge is 0.459 e. The highest BCUT2D eigenvalue weighted by atomic mass is 19.3. The van der Waals surface area contributed by atoms with Gasteiger partial charge in [-0.2, -0.15) is 0 Å². The van der Waals surface area contributed by atoms with Crippen LogP contribution in [0, 0.1) is 5.82 Å². The number of fused-ring (bicyclic) bond motifs is 1. The average Bonchev–Trinajstić information content (AvgIpc) is 3.46. The molecule has 1 fully saturated rings. The van der Waals surface area contributed by atoms with Crippen LogP contribution in [0.25, 0.3) is 39.3 Å². The molecule has 1 aliphatic rings. The highest BCUT2D eigenvalue weighted by Crippen LogP contribution is 2.36. The summed E-state index contributed by atoms with van der Waals surface area (Å²) >= 11 is 0. The Morgan fingerprint density at radius 2 is 1.66 bits per heavy atom. The molecule has 222 valence electrons. The van der Waals surface area contributed by atoms with E-state index in [-0.39, 0.29) is 50.1 Å². The maximum Gasteiger partial charge on any atom is 0.253 e. The maximum atomic E-state index is 13.7. The molecule has 1 saturated heterocycles. The van der Waals surface area contributed by atoms with Crippen molar-refractivity contribution in [3.63, 3.8) is 0 Å². The summed E-state index contributed by atoms with van der Waals surface area (Å²) in [6.45, 7) is 0.201. The van der Waals surface area contributed by atoms with Gasteiger partial charge in [0.25, 0.3) is 11.8 Å². The molecule has 0 aliphatic carbocycles. The lowest BCUT2D eigenvalue weighted by Gasteiger charge is -2.31. The third-order valence-corrected chi connectivity index (χ3v) is 7.62. The monoisotopic (exact) mass is 595 g/mol. The van der Waals surface area contributed by atoms with Gasteiger partial charge in [-0.3, -0.25) is 14.6 Å². The third kappa shape index (κ3) is 6.57. The minimum Gasteiger partial charge on any atom is -0.459 e. The first kappa shape index (κ1) is 28.9. The number of rotatable bonds is 7. The minimum absolute atomic E-state index is 0.0232. The molecule has 0 spiro atoms. The van der Waals surface area contributed by atoms with E-state index < -0.39 is 5.92 Å². The van der Waals surface area contributed by atoms with Gasteiger partial charge in [-0.15, -0.1) is 0 Å². The highest BCUT2D eigenvalue weighted by molar-refractivity contribution is 5.98. The van der Waals surface area contributed by atoms with Crippen LogP contribution < -0.4 is 5.32 Å². The zero-order chi connectivity index (χ0) is 30.7. The summed E-state index contributed by atoms with van der Waals surface area (Å²) in [7, 11) is 0. The first-order chi connectivity index (χ1) is 21.2. The second kappa shape index (κ2) is 12.2. The van der Waals surface area contributed by atoms with Crippen LogP contribution in [0.5, 0.6) is 0 Å². The van der Waals surface area contributed by atoms with Crippen molar-refractivity contribution in [2.24, 2.45) is 0 Å². The van der Waals surface area contributed by atoms with Crippen molar-refractivity contribution < 1.29 is 27.2 Å². The summed E-state index contributed by atoms with van der Waals surface area (Å²) in [5, 5.41) is 3.61. The smallest absolute Gasteiger partial charge is 0.253 e. The maximum absolute atomic E-state index is 13.7. The first-order valence-electron chi connectivity index (χ1n) is 14.2. The van der Waals surface area contributed by atoms with Gasteiger partial charge in [0.1, 0.15) is 17.2 Å². The highest BCUT2D eigenvalue weighted by Gasteiger charge is 2.35. The summed E-state index contributed by atoms with van der Waals surface area (Å²) in [6, 6.07) is 22.5. The summed E-state index contributed by atoms with van der Waals surface area (Å²) in [6.07, 6.45) is 5.75. The molecule has 1 aliphatic heterocycles. The van der Waals surface area contributed by atoms with Crippen molar-refractivity contribution >= 4 is 28.9 Å². The average molecular weight is 596 g/mol. The van der Waals surface area contributed by atoms with E-state index in [1.54, 1.807) is 48.8 Å². The van der Waals surface area contributed by atoms with E-state index in [1.165, 1.54) is 23.1 Å². The summed E-state index contributed by atoms with van der Waals surface area (Å²) in [5.41, 5.74) is 4.97. The van der Waals surface area contributed by atoms with Crippen LogP contribution in [0.4, 0.5) is 13.2 Å². The molecule has 3 heterocycles. The molecule has 0 bridgehead atoms. The third-order valence-electron chi connectivity index (χ3n) is 7.62. The first-order valence-corrected chi connectivity index (χ1v) is 14.2. The predicted octanol–water partition coefficient (Wildman–Crippen LogP) is 7.50. The number of benzene rings is 3. The van der Waals surface area contributed by atoms with Crippen LogP contribution in [0.1, 0.15) is 34.5 Å². The fourth-order valence-electron chi connectivity index (χ4n) is 5.21. The molecule has 3 aromatic carbocycles. The number of aromatic nitrogens is 1. The number of likely N-dealkylation sites (tertiary alicyclic amines) is 1. The number of amides is 2. The molecule has 0 saturated carbocycles. The van der Waals surface area contributed by atoms with Gasteiger partial charge in [0.15, 0.2) is 0 Å². The molecule has 0 atom stereocenters. The zero-order valence-electron chi connectivity index (χ0n) is 23.6. The Morgan fingerprint density at radius 3 is 2.36 bits per heavy atom. The second-order valence-electron chi connectivity index (χ2n) is 10.7. The Labute approximate surface area is 251 Å². The molecule has 9 heteroatoms. The molecule has 2 aromatic heterocycles. The summed E-state index contributed by atoms with van der Waals surface area (Å²) in [4.78, 5) is 30.8. The molecular formula is C35H28F3N3O3. The van der Waals surface area contributed by atoms with Crippen molar-refractivity contribution in [2.75, 3.05) is 13.1 Å². The minimum atomic E-state index is -2.72. The van der Waals surface area contributed by atoms with Gasteiger partial charge in [-0.05, 0) is 76.9 Å². The Bertz CT molecular complexity index is 1820. The molecule has 0 unspecified atom stereocenters. The van der Waals surface area contributed by atoms with Crippen molar-refractivity contribution in [3.05, 3.63) is 120 Å². The fourth-order valence-corrected chi connectivity index (χ4v) is 5.21. The van der Waals surface area contributed by atoms with Gasteiger partial charge < -0.3 is 14.6 Å². The number of hydrogen-bond acceptors (Lipinski definition) is 4. The lowest BCUT2D eigenvalue weighted by molar-refractivity contribution is -0.116. The molecule has 6 nitrogen and oxygen atoms in total. The Kier molecular flexibility index (Phi) is 8.02. The summed E-state index contributed by atoms with van der Waals surface area (Å²) < 4.78 is 47.0. The molecule has 1 N–H and O–H groups in total. The number of hydrogen-bond donors (Lipinski definition) is 1. The predicted molar refractivity (Wildman–Crippen MR) is 162 cm³/mol. The zero-order valence-corrected chi connectivity index (χ0v) is 23.6. The standard InChI is InChI=1S/C35H28F3N3O3/c36-29-10-8-25(9-11-29)31-20-27(24-4-6-26(7-5-24)34(43)41-16-13-35(37,38)14-17-41)18-28-19-30(44-33(28)31)22-40-32(42)12-3-23-2-1-15-39-21-23/h1-12,15,18-21H,13-14,16-17,22H2,(H,40,42)/b12-3+. The van der Waals surface area contributed by atoms with Crippen LogP contribution in [0.3, 0.4) is 0 Å². The van der Waals surface area contributed by atoms with Gasteiger partial charge in [-0.25, -0.2) is 13.2 Å². The van der Waals surface area contributed by atoms with Gasteiger partial charge in [-0.1, -0.05) is 30.3 Å². The van der Waals surface area contributed by atoms with Crippen molar-refractivity contribution in [2.45, 2.75) is 25.3 Å². The molecule has 6 rings (SSSR count). The number of furan rings is 1. The van der Waals surface area contributed by atoms with Crippen LogP contribution in [-0.2, 0) is 11.3 Å². The Morgan fingerprint density at radius 1 is 0.932 bits per heavy atom. The molecule has 0 radical (unpaired) electrons. The second-order valence-corrected chi connectivity index (χ2v) is 10.7. The van der Waals surface area contributed by atoms with Crippen LogP contribution in [0.2, 0.25) is 0 Å². The number of carbonyl (C=O) groups excluding carboxylic acids is 2. The van der Waals surface area contributed by atoms with Gasteiger partial charge in [0.2, 0.25) is 5.91 Å². The number of nitrogens with zero attached hydrogens (tertiary/aromatic N) is 2. The molecule has 5 aromatic rings. The fraction of sp³-hybridized carbons (Fsp3) is 0.171. The lowest BCUT2D eigenvalue weighted by Crippen LogP contribution is -2.42. The van der Waals surface area contributed by atoms with E-state index in [4.69, 9.17) is 4.42 Å². The van der Waals surface area contributed by atoms with Crippen LogP contribution in [-0.4, -0.2) is 40.7 Å². The number of alkyl halides is 2. The van der Waals surface area contributed by atoms with E-state index in [1.807, 2.05) is 36.4 Å². The SMILES string of the molecule is O=C(/C=C/c1cccnc1)NCc1cc2cc(-c3ccc(C(=O)N4CCC(F)(F)CC4)cc3)cc(-c3ccc(F)cc3)c2o1. The number of piperidine rings is 1. The van der Waals surface area contributed by atoms with Gasteiger partial charge >= 0.3 is 0 Å². The van der Waals surface area contributed by atoms with Gasteiger partial charge in [0.05, 0.1) is 6.54 Å². The van der Waals surface area contributed by atoms with Crippen LogP contribution in [0.15, 0.2) is 102 Å². The van der Waals surface area contributed by atoms with Gasteiger partial charge in [0, 0.05) is 60.9 Å². The van der Waals surface area contributed by atoms with E-state index >= 15 is 0 Å². The molecule has 2 amide bonds. The van der Waals surface area contributed by atoms with Crippen molar-refractivity contribution in [3.8, 4) is 22.3 Å².